The second kappa shape index (κ2) is 5.89. The third kappa shape index (κ3) is 4.48. The molecule has 0 aromatic rings. The lowest BCUT2D eigenvalue weighted by Gasteiger charge is -2.34. The molecule has 0 saturated carbocycles. The van der Waals surface area contributed by atoms with Crippen molar-refractivity contribution >= 4 is 81.8 Å². The van der Waals surface area contributed by atoms with E-state index in [9.17, 15) is 0 Å². The van der Waals surface area contributed by atoms with Crippen LogP contribution in [0.25, 0.3) is 0 Å². The molecule has 1 aliphatic heterocycles. The summed E-state index contributed by atoms with van der Waals surface area (Å²) in [7, 11) is 0. The van der Waals surface area contributed by atoms with Crippen molar-refractivity contribution in [3.05, 3.63) is 0 Å². The van der Waals surface area contributed by atoms with E-state index in [-0.39, 0.29) is 5.84 Å². The summed E-state index contributed by atoms with van der Waals surface area (Å²) in [6.45, 7) is 2.62. The monoisotopic (exact) mass is 357 g/mol. The van der Waals surface area contributed by atoms with Crippen molar-refractivity contribution in [2.75, 3.05) is 6.54 Å². The normalized spacial score (nSPS) is 21.7. The van der Waals surface area contributed by atoms with Gasteiger partial charge in [0, 0.05) is 6.54 Å². The summed E-state index contributed by atoms with van der Waals surface area (Å²) in [5, 5.41) is 0. The van der Waals surface area contributed by atoms with Gasteiger partial charge in [-0.05, 0) is 6.42 Å². The predicted octanol–water partition coefficient (Wildman–Crippen LogP) is 4.21. The van der Waals surface area contributed by atoms with E-state index in [0.29, 0.717) is 6.54 Å². The van der Waals surface area contributed by atoms with Crippen molar-refractivity contribution in [1.82, 2.24) is 4.90 Å². The molecule has 0 fully saturated rings. The largest absolute Gasteiger partial charge is 0.337 e. The molecule has 1 heterocycles. The first kappa shape index (κ1) is 15.9. The van der Waals surface area contributed by atoms with Crippen LogP contribution in [0.5, 0.6) is 0 Å². The van der Waals surface area contributed by atoms with E-state index in [4.69, 9.17) is 69.6 Å². The molecule has 17 heavy (non-hydrogen) atoms. The van der Waals surface area contributed by atoms with Gasteiger partial charge in [0.2, 0.25) is 7.59 Å². The molecule has 1 atom stereocenters. The van der Waals surface area contributed by atoms with Gasteiger partial charge in [-0.2, -0.15) is 0 Å². The quantitative estimate of drug-likeness (QED) is 0.679. The number of hydrogen-bond acceptors (Lipinski definition) is 3. The van der Waals surface area contributed by atoms with Crippen LogP contribution < -0.4 is 0 Å². The molecule has 0 N–H and O–H groups in total. The van der Waals surface area contributed by atoms with Gasteiger partial charge in [0.15, 0.2) is 12.0 Å². The number of aliphatic imine (C=N–C) groups is 2. The van der Waals surface area contributed by atoms with E-state index in [0.717, 1.165) is 6.42 Å². The van der Waals surface area contributed by atoms with Crippen LogP contribution in [-0.2, 0) is 0 Å². The second-order valence-corrected chi connectivity index (χ2v) is 8.00. The van der Waals surface area contributed by atoms with E-state index in [1.54, 1.807) is 4.90 Å². The van der Waals surface area contributed by atoms with Gasteiger partial charge in [0.25, 0.3) is 0 Å². The highest BCUT2D eigenvalue weighted by Gasteiger charge is 2.41. The van der Waals surface area contributed by atoms with Crippen LogP contribution >= 0.6 is 69.6 Å². The van der Waals surface area contributed by atoms with Crippen LogP contribution in [0, 0.1) is 0 Å². The Morgan fingerprint density at radius 2 is 1.82 bits per heavy atom. The van der Waals surface area contributed by atoms with Crippen LogP contribution in [0.15, 0.2) is 9.98 Å². The maximum absolute atomic E-state index is 5.85. The number of amidine groups is 1. The zero-order chi connectivity index (χ0) is 13.3. The minimum Gasteiger partial charge on any atom is -0.337 e. The summed E-state index contributed by atoms with van der Waals surface area (Å²) < 4.78 is -3.36. The van der Waals surface area contributed by atoms with E-state index in [1.165, 1.54) is 6.34 Å². The van der Waals surface area contributed by atoms with Crippen molar-refractivity contribution < 1.29 is 0 Å². The van der Waals surface area contributed by atoms with Gasteiger partial charge in [-0.15, -0.1) is 0 Å². The smallest absolute Gasteiger partial charge is 0.249 e. The molecule has 98 valence electrons. The van der Waals surface area contributed by atoms with Gasteiger partial charge in [0.05, 0.1) is 6.34 Å². The maximum Gasteiger partial charge on any atom is 0.249 e. The second-order valence-electron chi connectivity index (χ2n) is 3.35. The Labute approximate surface area is 130 Å². The molecule has 0 aromatic carbocycles. The van der Waals surface area contributed by atoms with E-state index in [2.05, 4.69) is 9.98 Å². The molecular formula is C8H9Cl6N3. The Kier molecular flexibility index (Phi) is 5.52. The molecule has 3 nitrogen and oxygen atoms in total. The fourth-order valence-corrected chi connectivity index (χ4v) is 2.08. The lowest BCUT2D eigenvalue weighted by Crippen LogP contribution is -2.46. The Hall–Kier alpha value is 0.880. The highest BCUT2D eigenvalue weighted by atomic mass is 35.6. The molecule has 0 bridgehead atoms. The fraction of sp³-hybridized carbons (Fsp3) is 0.750. The highest BCUT2D eigenvalue weighted by molar-refractivity contribution is 6.77. The minimum atomic E-state index is -1.73. The SMILES string of the molecule is CCCN1C=NC(C(Cl)(Cl)Cl)=NC1C(Cl)(Cl)Cl. The molecular weight excluding hydrogens is 351 g/mol. The maximum atomic E-state index is 5.85. The fourth-order valence-electron chi connectivity index (χ4n) is 1.26. The summed E-state index contributed by atoms with van der Waals surface area (Å²) in [6, 6.07) is 0. The molecule has 0 spiro atoms. The van der Waals surface area contributed by atoms with Gasteiger partial charge in [-0.25, -0.2) is 9.98 Å². The van der Waals surface area contributed by atoms with Crippen molar-refractivity contribution in [1.29, 1.82) is 0 Å². The van der Waals surface area contributed by atoms with Gasteiger partial charge in [-0.1, -0.05) is 76.5 Å². The summed E-state index contributed by atoms with van der Waals surface area (Å²) in [4.78, 5) is 9.71. The molecule has 0 aromatic heterocycles. The molecule has 0 saturated heterocycles. The Bertz CT molecular complexity index is 329. The molecule has 0 amide bonds. The first-order chi connectivity index (χ1) is 7.66. The van der Waals surface area contributed by atoms with E-state index >= 15 is 0 Å². The molecule has 0 radical (unpaired) electrons. The number of alkyl halides is 6. The molecule has 0 aliphatic carbocycles. The summed E-state index contributed by atoms with van der Waals surface area (Å²) in [5.74, 6) is 0.00572. The Morgan fingerprint density at radius 3 is 2.24 bits per heavy atom. The van der Waals surface area contributed by atoms with Crippen molar-refractivity contribution in [2.24, 2.45) is 9.98 Å². The van der Waals surface area contributed by atoms with Crippen LogP contribution in [0.3, 0.4) is 0 Å². The van der Waals surface area contributed by atoms with Crippen LogP contribution in [-0.4, -0.2) is 37.4 Å². The summed E-state index contributed by atoms with van der Waals surface area (Å²) in [5.41, 5.74) is 0. The average molecular weight is 360 g/mol. The van der Waals surface area contributed by atoms with Crippen LogP contribution in [0.2, 0.25) is 0 Å². The zero-order valence-electron chi connectivity index (χ0n) is 8.68. The van der Waals surface area contributed by atoms with Crippen molar-refractivity contribution in [3.8, 4) is 0 Å². The molecule has 1 aliphatic rings. The van der Waals surface area contributed by atoms with Crippen LogP contribution in [0.1, 0.15) is 13.3 Å². The lowest BCUT2D eigenvalue weighted by molar-refractivity contribution is 0.326. The van der Waals surface area contributed by atoms with Crippen molar-refractivity contribution in [3.63, 3.8) is 0 Å². The molecule has 1 unspecified atom stereocenters. The Morgan fingerprint density at radius 1 is 1.24 bits per heavy atom. The third-order valence-corrected chi connectivity index (χ3v) is 3.01. The molecule has 9 heteroatoms. The number of rotatable bonds is 2. The third-order valence-electron chi connectivity index (χ3n) is 1.92. The highest BCUT2D eigenvalue weighted by Crippen LogP contribution is 2.37. The first-order valence-corrected chi connectivity index (χ1v) is 6.94. The summed E-state index contributed by atoms with van der Waals surface area (Å²) >= 11 is 34.6. The van der Waals surface area contributed by atoms with Crippen LogP contribution in [0.4, 0.5) is 0 Å². The number of hydrogen-bond donors (Lipinski definition) is 0. The first-order valence-electron chi connectivity index (χ1n) is 4.68. The topological polar surface area (TPSA) is 28.0 Å². The average Bonchev–Trinajstić information content (AvgIpc) is 2.15. The minimum absolute atomic E-state index is 0.00572. The lowest BCUT2D eigenvalue weighted by atomic mass is 10.3. The number of halogens is 6. The standard InChI is InChI=1S/C8H9Cl6N3/c1-2-3-17-4-15-5(7(9,10)11)16-6(17)8(12,13)14/h4,6H,2-3H2,1H3. The van der Waals surface area contributed by atoms with Gasteiger partial charge in [-0.3, -0.25) is 0 Å². The van der Waals surface area contributed by atoms with E-state index in [1.807, 2.05) is 6.92 Å². The van der Waals surface area contributed by atoms with Gasteiger partial charge in [0.1, 0.15) is 0 Å². The predicted molar refractivity (Wildman–Crippen MR) is 77.3 cm³/mol. The zero-order valence-corrected chi connectivity index (χ0v) is 13.2. The van der Waals surface area contributed by atoms with E-state index < -0.39 is 13.8 Å². The van der Waals surface area contributed by atoms with Gasteiger partial charge < -0.3 is 4.90 Å². The van der Waals surface area contributed by atoms with Crippen molar-refractivity contribution in [2.45, 2.75) is 27.1 Å². The molecule has 1 rings (SSSR count). The number of nitrogens with zero attached hydrogens (tertiary/aromatic N) is 3. The van der Waals surface area contributed by atoms with Gasteiger partial charge >= 0.3 is 0 Å². The Balaban J connectivity index is 3.01. The summed E-state index contributed by atoms with van der Waals surface area (Å²) in [6.07, 6.45) is 1.57.